The van der Waals surface area contributed by atoms with E-state index >= 15 is 0 Å². The average molecular weight is 549 g/mol. The number of imidazole rings is 1. The van der Waals surface area contributed by atoms with Gasteiger partial charge < -0.3 is 19.9 Å². The fourth-order valence-corrected chi connectivity index (χ4v) is 4.83. The number of nitrogens with zero attached hydrogens (tertiary/aromatic N) is 2. The number of carbonyl (C=O) groups excluding carboxylic acids is 2. The van der Waals surface area contributed by atoms with Gasteiger partial charge >= 0.3 is 12.3 Å². The first-order chi connectivity index (χ1) is 18.0. The van der Waals surface area contributed by atoms with Gasteiger partial charge in [0.25, 0.3) is 0 Å². The number of hydrogen-bond acceptors (Lipinski definition) is 4. The van der Waals surface area contributed by atoms with Crippen molar-refractivity contribution in [2.45, 2.75) is 44.9 Å². The van der Waals surface area contributed by atoms with E-state index in [1.807, 2.05) is 13.8 Å². The standard InChI is InChI=1S/C27H28ClF3N4O3/c1-15(2)21(33-26(37)38-3)25(36)35-14-4-5-20(35)24-32-22(23(28)34-24)18-8-6-16(7-9-18)17-10-12-19(13-11-17)27(29,30)31/h6-13,15,20-21H,4-5,14H2,1-3H3,(H,32,34)(H,33,37)/t20-,21-/m0/s1. The number of methoxy groups -OCH3 is 1. The zero-order chi connectivity index (χ0) is 27.6. The highest BCUT2D eigenvalue weighted by Crippen LogP contribution is 2.36. The van der Waals surface area contributed by atoms with Crippen LogP contribution in [0.3, 0.4) is 0 Å². The largest absolute Gasteiger partial charge is 0.453 e. The van der Waals surface area contributed by atoms with Crippen molar-refractivity contribution in [1.82, 2.24) is 20.2 Å². The number of amides is 2. The number of aromatic nitrogens is 2. The molecule has 0 unspecified atom stereocenters. The summed E-state index contributed by atoms with van der Waals surface area (Å²) in [5.74, 6) is 0.174. The number of ether oxygens (including phenoxy) is 1. The Bertz CT molecular complexity index is 1290. The number of alkyl halides is 3. The normalized spacial score (nSPS) is 16.5. The van der Waals surface area contributed by atoms with Gasteiger partial charge in [0.05, 0.1) is 18.7 Å². The fraction of sp³-hybridized carbons (Fsp3) is 0.370. The average Bonchev–Trinajstić information content (AvgIpc) is 3.53. The fourth-order valence-electron chi connectivity index (χ4n) is 4.58. The first kappa shape index (κ1) is 27.5. The molecule has 1 aliphatic rings. The molecule has 1 aliphatic heterocycles. The van der Waals surface area contributed by atoms with Crippen LogP contribution >= 0.6 is 11.6 Å². The molecular formula is C27H28ClF3N4O3. The molecule has 0 spiro atoms. The van der Waals surface area contributed by atoms with Crippen LogP contribution in [0.2, 0.25) is 5.15 Å². The van der Waals surface area contributed by atoms with Crippen LogP contribution in [-0.4, -0.2) is 46.6 Å². The zero-order valence-electron chi connectivity index (χ0n) is 21.1. The third kappa shape index (κ3) is 5.80. The van der Waals surface area contributed by atoms with Crippen LogP contribution in [0.25, 0.3) is 22.4 Å². The van der Waals surface area contributed by atoms with Gasteiger partial charge in [0.2, 0.25) is 5.91 Å². The number of benzene rings is 2. The van der Waals surface area contributed by atoms with Crippen molar-refractivity contribution in [3.8, 4) is 22.4 Å². The van der Waals surface area contributed by atoms with Crippen LogP contribution in [-0.2, 0) is 15.7 Å². The highest BCUT2D eigenvalue weighted by atomic mass is 35.5. The minimum absolute atomic E-state index is 0.151. The Hall–Kier alpha value is -3.53. The Balaban J connectivity index is 1.54. The molecule has 1 saturated heterocycles. The van der Waals surface area contributed by atoms with Gasteiger partial charge in [-0.05, 0) is 42.0 Å². The topological polar surface area (TPSA) is 87.3 Å². The SMILES string of the molecule is COC(=O)N[C@H](C(=O)N1CCC[C@H]1c1nc(-c2ccc(-c3ccc(C(F)(F)F)cc3)cc2)c(Cl)[nH]1)C(C)C. The van der Waals surface area contributed by atoms with E-state index in [0.717, 1.165) is 29.7 Å². The van der Waals surface area contributed by atoms with Crippen LogP contribution in [0.1, 0.15) is 44.1 Å². The summed E-state index contributed by atoms with van der Waals surface area (Å²) in [6, 6.07) is 11.1. The summed E-state index contributed by atoms with van der Waals surface area (Å²) in [5.41, 5.74) is 1.93. The molecule has 2 aromatic carbocycles. The van der Waals surface area contributed by atoms with Gasteiger partial charge in [-0.1, -0.05) is 61.8 Å². The number of H-pyrrole nitrogens is 1. The Morgan fingerprint density at radius 3 is 2.21 bits per heavy atom. The summed E-state index contributed by atoms with van der Waals surface area (Å²) in [7, 11) is 1.25. The second-order valence-electron chi connectivity index (χ2n) is 9.48. The highest BCUT2D eigenvalue weighted by Gasteiger charge is 2.38. The molecule has 4 rings (SSSR count). The molecule has 1 fully saturated rings. The van der Waals surface area contributed by atoms with E-state index in [2.05, 4.69) is 15.0 Å². The molecule has 0 aliphatic carbocycles. The van der Waals surface area contributed by atoms with Crippen molar-refractivity contribution >= 4 is 23.6 Å². The number of alkyl carbamates (subject to hydrolysis) is 1. The lowest BCUT2D eigenvalue weighted by atomic mass is 10.0. The van der Waals surface area contributed by atoms with Crippen molar-refractivity contribution in [2.24, 2.45) is 5.92 Å². The van der Waals surface area contributed by atoms with Crippen molar-refractivity contribution in [2.75, 3.05) is 13.7 Å². The summed E-state index contributed by atoms with van der Waals surface area (Å²) in [6.07, 6.45) is -3.60. The number of hydrogen-bond donors (Lipinski definition) is 2. The van der Waals surface area contributed by atoms with E-state index in [0.29, 0.717) is 35.2 Å². The molecule has 2 N–H and O–H groups in total. The van der Waals surface area contributed by atoms with Crippen molar-refractivity contribution < 1.29 is 27.5 Å². The van der Waals surface area contributed by atoms with E-state index in [4.69, 9.17) is 16.6 Å². The first-order valence-electron chi connectivity index (χ1n) is 12.2. The lowest BCUT2D eigenvalue weighted by molar-refractivity contribution is -0.137. The smallest absolute Gasteiger partial charge is 0.416 e. The maximum atomic E-state index is 13.4. The molecule has 0 bridgehead atoms. The Morgan fingerprint density at radius 1 is 1.08 bits per heavy atom. The van der Waals surface area contributed by atoms with Gasteiger partial charge in [0.1, 0.15) is 22.7 Å². The molecule has 7 nitrogen and oxygen atoms in total. The molecule has 202 valence electrons. The molecule has 0 radical (unpaired) electrons. The minimum atomic E-state index is -4.39. The maximum absolute atomic E-state index is 13.4. The van der Waals surface area contributed by atoms with Crippen molar-refractivity contribution in [3.63, 3.8) is 0 Å². The first-order valence-corrected chi connectivity index (χ1v) is 12.6. The lowest BCUT2D eigenvalue weighted by Gasteiger charge is -2.29. The molecule has 3 aromatic rings. The number of halogens is 4. The third-order valence-corrected chi connectivity index (χ3v) is 6.90. The molecule has 38 heavy (non-hydrogen) atoms. The van der Waals surface area contributed by atoms with Crippen LogP contribution in [0.15, 0.2) is 48.5 Å². The summed E-state index contributed by atoms with van der Waals surface area (Å²) < 4.78 is 43.2. The molecule has 1 aromatic heterocycles. The molecule has 2 amide bonds. The van der Waals surface area contributed by atoms with E-state index in [-0.39, 0.29) is 17.9 Å². The molecule has 2 heterocycles. The van der Waals surface area contributed by atoms with Gasteiger partial charge in [-0.25, -0.2) is 9.78 Å². The minimum Gasteiger partial charge on any atom is -0.453 e. The van der Waals surface area contributed by atoms with E-state index in [1.165, 1.54) is 19.2 Å². The third-order valence-electron chi connectivity index (χ3n) is 6.62. The number of rotatable bonds is 6. The van der Waals surface area contributed by atoms with Crippen LogP contribution in [0.4, 0.5) is 18.0 Å². The Morgan fingerprint density at radius 2 is 1.66 bits per heavy atom. The summed E-state index contributed by atoms with van der Waals surface area (Å²) in [4.78, 5) is 34.6. The van der Waals surface area contributed by atoms with Crippen LogP contribution in [0.5, 0.6) is 0 Å². The zero-order valence-corrected chi connectivity index (χ0v) is 21.9. The summed E-state index contributed by atoms with van der Waals surface area (Å²) in [6.45, 7) is 4.21. The Labute approximate surface area is 223 Å². The second kappa shape index (κ2) is 11.1. The summed E-state index contributed by atoms with van der Waals surface area (Å²) in [5, 5.41) is 2.94. The highest BCUT2D eigenvalue weighted by molar-refractivity contribution is 6.31. The quantitative estimate of drug-likeness (QED) is 0.370. The van der Waals surface area contributed by atoms with Gasteiger partial charge in [-0.2, -0.15) is 13.2 Å². The van der Waals surface area contributed by atoms with E-state index in [1.54, 1.807) is 29.2 Å². The van der Waals surface area contributed by atoms with Crippen molar-refractivity contribution in [3.05, 3.63) is 65.1 Å². The molecule has 0 saturated carbocycles. The van der Waals surface area contributed by atoms with E-state index < -0.39 is 23.9 Å². The number of nitrogens with one attached hydrogen (secondary N) is 2. The van der Waals surface area contributed by atoms with Crippen molar-refractivity contribution in [1.29, 1.82) is 0 Å². The van der Waals surface area contributed by atoms with Crippen LogP contribution in [0, 0.1) is 5.92 Å². The van der Waals surface area contributed by atoms with Gasteiger partial charge in [0, 0.05) is 12.1 Å². The number of carbonyl (C=O) groups is 2. The maximum Gasteiger partial charge on any atom is 0.416 e. The molecule has 2 atom stereocenters. The van der Waals surface area contributed by atoms with Gasteiger partial charge in [-0.15, -0.1) is 0 Å². The monoisotopic (exact) mass is 548 g/mol. The van der Waals surface area contributed by atoms with Crippen LogP contribution < -0.4 is 5.32 Å². The second-order valence-corrected chi connectivity index (χ2v) is 9.86. The predicted octanol–water partition coefficient (Wildman–Crippen LogP) is 6.46. The summed E-state index contributed by atoms with van der Waals surface area (Å²) >= 11 is 6.50. The number of likely N-dealkylation sites (tertiary alicyclic amines) is 1. The molecular weight excluding hydrogens is 521 g/mol. The van der Waals surface area contributed by atoms with Gasteiger partial charge in [-0.3, -0.25) is 4.79 Å². The molecule has 11 heteroatoms. The van der Waals surface area contributed by atoms with E-state index in [9.17, 15) is 22.8 Å². The number of aromatic amines is 1. The van der Waals surface area contributed by atoms with Gasteiger partial charge in [0.15, 0.2) is 0 Å². The Kier molecular flexibility index (Phi) is 8.01. The predicted molar refractivity (Wildman–Crippen MR) is 137 cm³/mol. The lowest BCUT2D eigenvalue weighted by Crippen LogP contribution is -2.51.